The number of hydrogen-bond acceptors (Lipinski definition) is 4. The van der Waals surface area contributed by atoms with Gasteiger partial charge in [0.1, 0.15) is 17.3 Å². The van der Waals surface area contributed by atoms with Crippen LogP contribution < -0.4 is 14.8 Å². The summed E-state index contributed by atoms with van der Waals surface area (Å²) in [4.78, 5) is 12.5. The Morgan fingerprint density at radius 1 is 1.18 bits per heavy atom. The number of halogens is 1. The molecule has 0 aromatic heterocycles. The number of ether oxygens (including phenoxy) is 2. The minimum atomic E-state index is -0.334. The molecular formula is C16H16FNO3S. The highest BCUT2D eigenvalue weighted by Crippen LogP contribution is 2.29. The molecule has 0 saturated carbocycles. The van der Waals surface area contributed by atoms with Crippen LogP contribution in [0.3, 0.4) is 0 Å². The fourth-order valence-corrected chi connectivity index (χ4v) is 2.54. The second-order valence-corrected chi connectivity index (χ2v) is 5.35. The fraction of sp³-hybridized carbons (Fsp3) is 0.188. The largest absolute Gasteiger partial charge is 0.497 e. The Morgan fingerprint density at radius 2 is 1.95 bits per heavy atom. The smallest absolute Gasteiger partial charge is 0.234 e. The summed E-state index contributed by atoms with van der Waals surface area (Å²) in [5.74, 6) is 0.656. The highest BCUT2D eigenvalue weighted by Gasteiger charge is 2.10. The van der Waals surface area contributed by atoms with E-state index >= 15 is 0 Å². The van der Waals surface area contributed by atoms with E-state index in [0.29, 0.717) is 22.1 Å². The zero-order valence-electron chi connectivity index (χ0n) is 12.3. The van der Waals surface area contributed by atoms with Crippen LogP contribution in [0.4, 0.5) is 10.1 Å². The third-order valence-corrected chi connectivity index (χ3v) is 3.92. The molecule has 0 aliphatic rings. The first-order valence-corrected chi connectivity index (χ1v) is 7.52. The summed E-state index contributed by atoms with van der Waals surface area (Å²) < 4.78 is 23.8. The highest BCUT2D eigenvalue weighted by atomic mass is 32.2. The number of methoxy groups -OCH3 is 2. The molecule has 22 heavy (non-hydrogen) atoms. The number of thioether (sulfide) groups is 1. The molecule has 0 atom stereocenters. The van der Waals surface area contributed by atoms with E-state index in [1.807, 2.05) is 0 Å². The molecule has 2 aromatic carbocycles. The summed E-state index contributed by atoms with van der Waals surface area (Å²) >= 11 is 1.14. The number of amides is 1. The maximum atomic E-state index is 13.5. The van der Waals surface area contributed by atoms with Gasteiger partial charge < -0.3 is 14.8 Å². The first kappa shape index (κ1) is 16.2. The van der Waals surface area contributed by atoms with E-state index in [9.17, 15) is 9.18 Å². The predicted molar refractivity (Wildman–Crippen MR) is 85.3 cm³/mol. The van der Waals surface area contributed by atoms with Crippen LogP contribution >= 0.6 is 11.8 Å². The summed E-state index contributed by atoms with van der Waals surface area (Å²) in [5, 5.41) is 2.74. The summed E-state index contributed by atoms with van der Waals surface area (Å²) in [6.45, 7) is 0. The average Bonchev–Trinajstić information content (AvgIpc) is 2.54. The molecule has 4 nitrogen and oxygen atoms in total. The summed E-state index contributed by atoms with van der Waals surface area (Å²) in [7, 11) is 3.06. The van der Waals surface area contributed by atoms with Crippen LogP contribution in [0.25, 0.3) is 0 Å². The van der Waals surface area contributed by atoms with Gasteiger partial charge in [0.25, 0.3) is 0 Å². The van der Waals surface area contributed by atoms with Gasteiger partial charge in [0, 0.05) is 11.0 Å². The second-order valence-electron chi connectivity index (χ2n) is 4.33. The number of anilines is 1. The minimum Gasteiger partial charge on any atom is -0.497 e. The van der Waals surface area contributed by atoms with Gasteiger partial charge in [-0.1, -0.05) is 12.1 Å². The lowest BCUT2D eigenvalue weighted by Gasteiger charge is -2.11. The molecule has 1 amide bonds. The number of carbonyl (C=O) groups is 1. The van der Waals surface area contributed by atoms with Crippen LogP contribution in [0.5, 0.6) is 11.5 Å². The number of carbonyl (C=O) groups excluding carboxylic acids is 1. The predicted octanol–water partition coefficient (Wildman–Crippen LogP) is 3.57. The van der Waals surface area contributed by atoms with Crippen LogP contribution in [-0.4, -0.2) is 25.9 Å². The highest BCUT2D eigenvalue weighted by molar-refractivity contribution is 8.00. The SMILES string of the molecule is COc1ccc(OC)c(NC(=O)CSc2ccccc2F)c1. The lowest BCUT2D eigenvalue weighted by atomic mass is 10.2. The maximum Gasteiger partial charge on any atom is 0.234 e. The van der Waals surface area contributed by atoms with Crippen LogP contribution in [0.15, 0.2) is 47.4 Å². The van der Waals surface area contributed by atoms with E-state index in [2.05, 4.69) is 5.32 Å². The molecule has 1 N–H and O–H groups in total. The van der Waals surface area contributed by atoms with Gasteiger partial charge in [0.05, 0.1) is 25.7 Å². The van der Waals surface area contributed by atoms with Crippen LogP contribution in [-0.2, 0) is 4.79 Å². The van der Waals surface area contributed by atoms with E-state index in [-0.39, 0.29) is 17.5 Å². The molecule has 0 saturated heterocycles. The molecule has 0 spiro atoms. The number of nitrogens with one attached hydrogen (secondary N) is 1. The van der Waals surface area contributed by atoms with Crippen molar-refractivity contribution in [3.63, 3.8) is 0 Å². The first-order chi connectivity index (χ1) is 10.6. The van der Waals surface area contributed by atoms with Gasteiger partial charge in [-0.15, -0.1) is 11.8 Å². The second kappa shape index (κ2) is 7.70. The minimum absolute atomic E-state index is 0.0985. The van der Waals surface area contributed by atoms with Crippen molar-refractivity contribution >= 4 is 23.4 Å². The molecule has 0 radical (unpaired) electrons. The summed E-state index contributed by atoms with van der Waals surface area (Å²) in [6.07, 6.45) is 0. The third-order valence-electron chi connectivity index (χ3n) is 2.88. The Bertz CT molecular complexity index is 664. The van der Waals surface area contributed by atoms with Crippen LogP contribution in [0, 0.1) is 5.82 Å². The Balaban J connectivity index is 2.01. The van der Waals surface area contributed by atoms with Crippen molar-refractivity contribution in [2.75, 3.05) is 25.3 Å². The van der Waals surface area contributed by atoms with Crippen LogP contribution in [0.1, 0.15) is 0 Å². The zero-order valence-corrected chi connectivity index (χ0v) is 13.1. The lowest BCUT2D eigenvalue weighted by Crippen LogP contribution is -2.14. The van der Waals surface area contributed by atoms with Crippen molar-refractivity contribution < 1.29 is 18.7 Å². The Kier molecular flexibility index (Phi) is 5.66. The standard InChI is InChI=1S/C16H16FNO3S/c1-20-11-7-8-14(21-2)13(9-11)18-16(19)10-22-15-6-4-3-5-12(15)17/h3-9H,10H2,1-2H3,(H,18,19). The number of rotatable bonds is 6. The average molecular weight is 321 g/mol. The van der Waals surface area contributed by atoms with E-state index < -0.39 is 0 Å². The van der Waals surface area contributed by atoms with Gasteiger partial charge in [-0.3, -0.25) is 4.79 Å². The number of benzene rings is 2. The van der Waals surface area contributed by atoms with Crippen molar-refractivity contribution in [1.82, 2.24) is 0 Å². The fourth-order valence-electron chi connectivity index (χ4n) is 1.80. The van der Waals surface area contributed by atoms with E-state index in [4.69, 9.17) is 9.47 Å². The van der Waals surface area contributed by atoms with Crippen molar-refractivity contribution in [3.8, 4) is 11.5 Å². The molecule has 0 bridgehead atoms. The van der Waals surface area contributed by atoms with Gasteiger partial charge in [0.2, 0.25) is 5.91 Å². The number of hydrogen-bond donors (Lipinski definition) is 1. The quantitative estimate of drug-likeness (QED) is 0.826. The van der Waals surface area contributed by atoms with Gasteiger partial charge in [-0.05, 0) is 24.3 Å². The van der Waals surface area contributed by atoms with E-state index in [0.717, 1.165) is 11.8 Å². The van der Waals surface area contributed by atoms with E-state index in [1.165, 1.54) is 13.2 Å². The molecule has 0 aliphatic carbocycles. The monoisotopic (exact) mass is 321 g/mol. The molecule has 0 heterocycles. The van der Waals surface area contributed by atoms with Crippen LogP contribution in [0.2, 0.25) is 0 Å². The first-order valence-electron chi connectivity index (χ1n) is 6.53. The van der Waals surface area contributed by atoms with Gasteiger partial charge in [0.15, 0.2) is 0 Å². The lowest BCUT2D eigenvalue weighted by molar-refractivity contribution is -0.113. The molecule has 0 fully saturated rings. The molecule has 116 valence electrons. The van der Waals surface area contributed by atoms with Gasteiger partial charge in [-0.2, -0.15) is 0 Å². The molecule has 0 unspecified atom stereocenters. The van der Waals surface area contributed by atoms with Gasteiger partial charge in [-0.25, -0.2) is 4.39 Å². The summed E-state index contributed by atoms with van der Waals surface area (Å²) in [5.41, 5.74) is 0.515. The van der Waals surface area contributed by atoms with Crippen molar-refractivity contribution in [2.45, 2.75) is 4.90 Å². The van der Waals surface area contributed by atoms with Crippen molar-refractivity contribution in [2.24, 2.45) is 0 Å². The molecule has 2 aromatic rings. The van der Waals surface area contributed by atoms with Crippen molar-refractivity contribution in [1.29, 1.82) is 0 Å². The molecule has 0 aliphatic heterocycles. The Morgan fingerprint density at radius 3 is 2.64 bits per heavy atom. The topological polar surface area (TPSA) is 47.6 Å². The van der Waals surface area contributed by atoms with Gasteiger partial charge >= 0.3 is 0 Å². The Labute approximate surface area is 132 Å². The normalized spacial score (nSPS) is 10.1. The zero-order chi connectivity index (χ0) is 15.9. The maximum absolute atomic E-state index is 13.5. The van der Waals surface area contributed by atoms with Crippen molar-refractivity contribution in [3.05, 3.63) is 48.3 Å². The molecule has 6 heteroatoms. The molecular weight excluding hydrogens is 305 g/mol. The van der Waals surface area contributed by atoms with E-state index in [1.54, 1.807) is 43.5 Å². The third kappa shape index (κ3) is 4.14. The Hall–Kier alpha value is -2.21. The molecule has 2 rings (SSSR count). The summed E-state index contributed by atoms with van der Waals surface area (Å²) in [6, 6.07) is 11.5.